The predicted octanol–water partition coefficient (Wildman–Crippen LogP) is 2.46. The maximum atomic E-state index is 11.7. The van der Waals surface area contributed by atoms with Gasteiger partial charge in [-0.1, -0.05) is 6.58 Å². The van der Waals surface area contributed by atoms with E-state index in [9.17, 15) is 4.79 Å². The monoisotopic (exact) mass is 303 g/mol. The molecule has 0 aromatic heterocycles. The molecule has 0 saturated carbocycles. The van der Waals surface area contributed by atoms with Crippen molar-refractivity contribution in [3.05, 3.63) is 12.2 Å². The SMILES string of the molecule is C=C(C)C(=O)N(C)CCC[Si](OCC)(OCC)OCC. The van der Waals surface area contributed by atoms with Crippen molar-refractivity contribution >= 4 is 14.7 Å². The predicted molar refractivity (Wildman–Crippen MR) is 82.5 cm³/mol. The lowest BCUT2D eigenvalue weighted by atomic mass is 10.3. The van der Waals surface area contributed by atoms with Crippen LogP contribution >= 0.6 is 0 Å². The minimum Gasteiger partial charge on any atom is -0.374 e. The van der Waals surface area contributed by atoms with Gasteiger partial charge >= 0.3 is 8.80 Å². The van der Waals surface area contributed by atoms with E-state index in [1.165, 1.54) is 0 Å². The molecule has 0 heterocycles. The molecule has 0 aliphatic heterocycles. The topological polar surface area (TPSA) is 48.0 Å². The maximum Gasteiger partial charge on any atom is 0.500 e. The standard InChI is InChI=1S/C14H29NO4Si/c1-7-17-20(18-8-2,19-9-3)12-10-11-15(6)14(16)13(4)5/h4,7-12H2,1-3,5-6H3. The second-order valence-electron chi connectivity index (χ2n) is 4.59. The third-order valence-electron chi connectivity index (χ3n) is 2.78. The van der Waals surface area contributed by atoms with E-state index in [-0.39, 0.29) is 5.91 Å². The van der Waals surface area contributed by atoms with E-state index in [0.29, 0.717) is 31.9 Å². The summed E-state index contributed by atoms with van der Waals surface area (Å²) in [6.45, 7) is 13.6. The summed E-state index contributed by atoms with van der Waals surface area (Å²) in [7, 11) is -0.805. The van der Waals surface area contributed by atoms with Gasteiger partial charge in [0.1, 0.15) is 0 Å². The van der Waals surface area contributed by atoms with Gasteiger partial charge in [0.25, 0.3) is 0 Å². The van der Waals surface area contributed by atoms with Crippen molar-refractivity contribution in [3.8, 4) is 0 Å². The number of carbonyl (C=O) groups excluding carboxylic acids is 1. The first-order valence-corrected chi connectivity index (χ1v) is 9.18. The molecule has 0 spiro atoms. The van der Waals surface area contributed by atoms with Gasteiger partial charge < -0.3 is 18.2 Å². The number of hydrogen-bond donors (Lipinski definition) is 0. The van der Waals surface area contributed by atoms with Gasteiger partial charge in [0.05, 0.1) is 0 Å². The van der Waals surface area contributed by atoms with Crippen LogP contribution in [0.2, 0.25) is 6.04 Å². The fourth-order valence-corrected chi connectivity index (χ4v) is 4.55. The summed E-state index contributed by atoms with van der Waals surface area (Å²) in [6.07, 6.45) is 0.793. The highest BCUT2D eigenvalue weighted by Crippen LogP contribution is 2.18. The third-order valence-corrected chi connectivity index (χ3v) is 5.93. The molecule has 118 valence electrons. The number of carbonyl (C=O) groups is 1. The number of amides is 1. The summed E-state index contributed by atoms with van der Waals surface area (Å²) >= 11 is 0. The van der Waals surface area contributed by atoms with E-state index < -0.39 is 8.80 Å². The Kier molecular flexibility index (Phi) is 9.74. The first kappa shape index (κ1) is 19.3. The summed E-state index contributed by atoms with van der Waals surface area (Å²) in [5.74, 6) is -0.0264. The minimum atomic E-state index is -2.58. The fourth-order valence-electron chi connectivity index (χ4n) is 1.96. The summed E-state index contributed by atoms with van der Waals surface area (Å²) in [5.41, 5.74) is 0.551. The Hall–Kier alpha value is -0.693. The van der Waals surface area contributed by atoms with E-state index in [1.54, 1.807) is 18.9 Å². The van der Waals surface area contributed by atoms with Crippen molar-refractivity contribution in [2.45, 2.75) is 40.2 Å². The van der Waals surface area contributed by atoms with E-state index in [1.807, 2.05) is 20.8 Å². The largest absolute Gasteiger partial charge is 0.500 e. The molecule has 0 atom stereocenters. The van der Waals surface area contributed by atoms with Crippen LogP contribution in [0.4, 0.5) is 0 Å². The van der Waals surface area contributed by atoms with Gasteiger partial charge in [-0.15, -0.1) is 0 Å². The first-order chi connectivity index (χ1) is 9.42. The van der Waals surface area contributed by atoms with Crippen LogP contribution in [-0.4, -0.2) is 53.0 Å². The van der Waals surface area contributed by atoms with Crippen LogP contribution in [0.15, 0.2) is 12.2 Å². The Morgan fingerprint density at radius 2 is 1.55 bits per heavy atom. The normalized spacial score (nSPS) is 11.4. The molecule has 5 nitrogen and oxygen atoms in total. The lowest BCUT2D eigenvalue weighted by molar-refractivity contribution is -0.125. The van der Waals surface area contributed by atoms with Gasteiger partial charge in [-0.05, 0) is 34.1 Å². The second kappa shape index (κ2) is 10.1. The zero-order valence-corrected chi connectivity index (χ0v) is 14.5. The Labute approximate surface area is 124 Å². The molecule has 0 aliphatic carbocycles. The molecule has 0 N–H and O–H groups in total. The van der Waals surface area contributed by atoms with Gasteiger partial charge in [-0.2, -0.15) is 0 Å². The van der Waals surface area contributed by atoms with Gasteiger partial charge in [-0.25, -0.2) is 0 Å². The lowest BCUT2D eigenvalue weighted by Crippen LogP contribution is -2.46. The summed E-state index contributed by atoms with van der Waals surface area (Å²) < 4.78 is 17.3. The molecule has 6 heteroatoms. The van der Waals surface area contributed by atoms with Crippen molar-refractivity contribution < 1.29 is 18.1 Å². The summed E-state index contributed by atoms with van der Waals surface area (Å²) in [4.78, 5) is 13.4. The number of nitrogens with zero attached hydrogens (tertiary/aromatic N) is 1. The Balaban J connectivity index is 4.44. The van der Waals surface area contributed by atoms with Crippen molar-refractivity contribution in [1.29, 1.82) is 0 Å². The minimum absolute atomic E-state index is 0.0264. The molecule has 0 unspecified atom stereocenters. The van der Waals surface area contributed by atoms with Crippen LogP contribution in [0.1, 0.15) is 34.1 Å². The van der Waals surface area contributed by atoms with Crippen LogP contribution in [0.25, 0.3) is 0 Å². The molecular weight excluding hydrogens is 274 g/mol. The Morgan fingerprint density at radius 1 is 1.10 bits per heavy atom. The highest BCUT2D eigenvalue weighted by Gasteiger charge is 2.39. The molecule has 0 saturated heterocycles. The van der Waals surface area contributed by atoms with Crippen LogP contribution in [-0.2, 0) is 18.1 Å². The van der Waals surface area contributed by atoms with Crippen molar-refractivity contribution in [3.63, 3.8) is 0 Å². The number of rotatable bonds is 11. The number of likely N-dealkylation sites (N-methyl/N-ethyl adjacent to an activating group) is 1. The van der Waals surface area contributed by atoms with Crippen LogP contribution in [0.3, 0.4) is 0 Å². The molecule has 0 aromatic carbocycles. The Bertz CT molecular complexity index is 293. The second-order valence-corrected chi connectivity index (χ2v) is 7.32. The quantitative estimate of drug-likeness (QED) is 0.434. The highest BCUT2D eigenvalue weighted by atomic mass is 28.4. The van der Waals surface area contributed by atoms with Gasteiger partial charge in [0, 0.05) is 45.0 Å². The zero-order chi connectivity index (χ0) is 15.6. The molecule has 0 fully saturated rings. The third kappa shape index (κ3) is 6.65. The molecule has 0 radical (unpaired) electrons. The molecular formula is C14H29NO4Si. The van der Waals surface area contributed by atoms with E-state index in [0.717, 1.165) is 12.5 Å². The number of hydrogen-bond acceptors (Lipinski definition) is 4. The van der Waals surface area contributed by atoms with E-state index in [2.05, 4.69) is 6.58 Å². The summed E-state index contributed by atoms with van der Waals surface area (Å²) in [6, 6.07) is 0.719. The van der Waals surface area contributed by atoms with Crippen LogP contribution in [0.5, 0.6) is 0 Å². The van der Waals surface area contributed by atoms with Crippen molar-refractivity contribution in [2.24, 2.45) is 0 Å². The fraction of sp³-hybridized carbons (Fsp3) is 0.786. The average molecular weight is 303 g/mol. The van der Waals surface area contributed by atoms with Gasteiger partial charge in [-0.3, -0.25) is 4.79 Å². The highest BCUT2D eigenvalue weighted by molar-refractivity contribution is 6.60. The molecule has 0 rings (SSSR count). The van der Waals surface area contributed by atoms with E-state index in [4.69, 9.17) is 13.3 Å². The van der Waals surface area contributed by atoms with Crippen LogP contribution in [0, 0.1) is 0 Å². The molecule has 0 aliphatic rings. The first-order valence-electron chi connectivity index (χ1n) is 7.25. The lowest BCUT2D eigenvalue weighted by Gasteiger charge is -2.29. The molecule has 0 bridgehead atoms. The maximum absolute atomic E-state index is 11.7. The average Bonchev–Trinajstić information content (AvgIpc) is 2.38. The zero-order valence-electron chi connectivity index (χ0n) is 13.5. The Morgan fingerprint density at radius 3 is 1.90 bits per heavy atom. The molecule has 20 heavy (non-hydrogen) atoms. The van der Waals surface area contributed by atoms with E-state index >= 15 is 0 Å². The molecule has 0 aromatic rings. The van der Waals surface area contributed by atoms with Crippen molar-refractivity contribution in [1.82, 2.24) is 4.90 Å². The van der Waals surface area contributed by atoms with Gasteiger partial charge in [0.15, 0.2) is 0 Å². The van der Waals surface area contributed by atoms with Crippen molar-refractivity contribution in [2.75, 3.05) is 33.4 Å². The molecule has 1 amide bonds. The van der Waals surface area contributed by atoms with Gasteiger partial charge in [0.2, 0.25) is 5.91 Å². The summed E-state index contributed by atoms with van der Waals surface area (Å²) in [5, 5.41) is 0. The van der Waals surface area contributed by atoms with Crippen LogP contribution < -0.4 is 0 Å². The smallest absolute Gasteiger partial charge is 0.374 e.